The molecule has 230 valence electrons. The van der Waals surface area contributed by atoms with Gasteiger partial charge in [-0.1, -0.05) is 49.7 Å². The van der Waals surface area contributed by atoms with Crippen LogP contribution in [0.2, 0.25) is 0 Å². The first-order chi connectivity index (χ1) is 21.3. The standard InChI is InChI=1S/C37H40O7/c1-4-5-18-44-30-16-10-25(11-17-30)35(36-31(38)19-26(20-32(36)39)23-6-12-28(42-2)13-7-23)37-33(40)21-27(22-34(37)41)24-8-14-29(43-3)15-9-24/h6-17,26-27,35-37H,4-5,18-22H2,1-3H3. The Kier molecular flexibility index (Phi) is 9.93. The smallest absolute Gasteiger partial charge is 0.144 e. The summed E-state index contributed by atoms with van der Waals surface area (Å²) in [5.74, 6) is -2.35. The van der Waals surface area contributed by atoms with Crippen LogP contribution in [-0.4, -0.2) is 44.0 Å². The maximum atomic E-state index is 13.9. The zero-order valence-corrected chi connectivity index (χ0v) is 25.6. The van der Waals surface area contributed by atoms with E-state index in [-0.39, 0.29) is 60.7 Å². The van der Waals surface area contributed by atoms with Gasteiger partial charge in [0.15, 0.2) is 0 Å². The molecule has 7 nitrogen and oxygen atoms in total. The maximum Gasteiger partial charge on any atom is 0.144 e. The van der Waals surface area contributed by atoms with E-state index in [0.29, 0.717) is 29.4 Å². The van der Waals surface area contributed by atoms with E-state index in [1.165, 1.54) is 0 Å². The Morgan fingerprint density at radius 3 is 1.34 bits per heavy atom. The lowest BCUT2D eigenvalue weighted by atomic mass is 9.62. The number of unbranched alkanes of at least 4 members (excludes halogenated alkanes) is 1. The highest BCUT2D eigenvalue weighted by molar-refractivity contribution is 6.11. The molecule has 0 amide bonds. The highest BCUT2D eigenvalue weighted by Gasteiger charge is 2.50. The topological polar surface area (TPSA) is 96.0 Å². The van der Waals surface area contributed by atoms with E-state index in [4.69, 9.17) is 14.2 Å². The molecular weight excluding hydrogens is 556 g/mol. The number of carbonyl (C=O) groups excluding carboxylic acids is 4. The van der Waals surface area contributed by atoms with E-state index in [2.05, 4.69) is 6.92 Å². The van der Waals surface area contributed by atoms with Crippen molar-refractivity contribution in [1.82, 2.24) is 0 Å². The van der Waals surface area contributed by atoms with Gasteiger partial charge in [0.2, 0.25) is 0 Å². The van der Waals surface area contributed by atoms with Crippen LogP contribution in [0.3, 0.4) is 0 Å². The van der Waals surface area contributed by atoms with Gasteiger partial charge in [-0.25, -0.2) is 0 Å². The van der Waals surface area contributed by atoms with Crippen molar-refractivity contribution in [3.8, 4) is 17.2 Å². The number of benzene rings is 3. The van der Waals surface area contributed by atoms with E-state index in [9.17, 15) is 19.2 Å². The zero-order valence-electron chi connectivity index (χ0n) is 25.6. The fourth-order valence-electron chi connectivity index (χ4n) is 6.71. The first-order valence-corrected chi connectivity index (χ1v) is 15.4. The summed E-state index contributed by atoms with van der Waals surface area (Å²) in [6.07, 6.45) is 2.60. The van der Waals surface area contributed by atoms with Gasteiger partial charge >= 0.3 is 0 Å². The van der Waals surface area contributed by atoms with Crippen LogP contribution in [0.1, 0.15) is 79.9 Å². The van der Waals surface area contributed by atoms with Crippen LogP contribution in [0.25, 0.3) is 0 Å². The molecular formula is C37H40O7. The summed E-state index contributed by atoms with van der Waals surface area (Å²) < 4.78 is 16.3. The molecule has 2 fully saturated rings. The Morgan fingerprint density at radius 1 is 0.591 bits per heavy atom. The molecule has 0 radical (unpaired) electrons. The molecule has 0 N–H and O–H groups in total. The van der Waals surface area contributed by atoms with Crippen molar-refractivity contribution in [2.24, 2.45) is 11.8 Å². The van der Waals surface area contributed by atoms with E-state index in [0.717, 1.165) is 24.0 Å². The lowest BCUT2D eigenvalue weighted by molar-refractivity contribution is -0.142. The van der Waals surface area contributed by atoms with Gasteiger partial charge in [-0.05, 0) is 71.3 Å². The Balaban J connectivity index is 1.43. The fraction of sp³-hybridized carbons (Fsp3) is 0.405. The summed E-state index contributed by atoms with van der Waals surface area (Å²) >= 11 is 0. The number of ether oxygens (including phenoxy) is 3. The monoisotopic (exact) mass is 596 g/mol. The number of methoxy groups -OCH3 is 2. The number of carbonyl (C=O) groups is 4. The van der Waals surface area contributed by atoms with E-state index in [1.54, 1.807) is 38.5 Å². The van der Waals surface area contributed by atoms with Crippen molar-refractivity contribution in [1.29, 1.82) is 0 Å². The summed E-state index contributed by atoms with van der Waals surface area (Å²) in [6, 6.07) is 22.0. The largest absolute Gasteiger partial charge is 0.497 e. The van der Waals surface area contributed by atoms with Crippen LogP contribution in [-0.2, 0) is 19.2 Å². The first-order valence-electron chi connectivity index (χ1n) is 15.4. The molecule has 0 spiro atoms. The summed E-state index contributed by atoms with van der Waals surface area (Å²) in [7, 11) is 3.18. The molecule has 2 saturated carbocycles. The van der Waals surface area contributed by atoms with Crippen LogP contribution < -0.4 is 14.2 Å². The molecule has 0 bridgehead atoms. The molecule has 3 aromatic carbocycles. The van der Waals surface area contributed by atoms with Crippen molar-refractivity contribution < 1.29 is 33.4 Å². The Hall–Kier alpha value is -4.26. The summed E-state index contributed by atoms with van der Waals surface area (Å²) in [5, 5.41) is 0. The fourth-order valence-corrected chi connectivity index (χ4v) is 6.71. The van der Waals surface area contributed by atoms with Gasteiger partial charge in [0.05, 0.1) is 32.7 Å². The molecule has 2 aliphatic carbocycles. The summed E-state index contributed by atoms with van der Waals surface area (Å²) in [6.45, 7) is 2.67. The Labute approximate surface area is 258 Å². The van der Waals surface area contributed by atoms with Crippen LogP contribution in [0.15, 0.2) is 72.8 Å². The second kappa shape index (κ2) is 14.0. The average molecular weight is 597 g/mol. The quantitative estimate of drug-likeness (QED) is 0.181. The predicted molar refractivity (Wildman–Crippen MR) is 167 cm³/mol. The molecule has 2 aliphatic rings. The first kappa shape index (κ1) is 31.2. The minimum absolute atomic E-state index is 0.168. The number of hydrogen-bond donors (Lipinski definition) is 0. The molecule has 44 heavy (non-hydrogen) atoms. The van der Waals surface area contributed by atoms with Gasteiger partial charge < -0.3 is 14.2 Å². The Bertz CT molecular complexity index is 1350. The minimum Gasteiger partial charge on any atom is -0.497 e. The van der Waals surface area contributed by atoms with Gasteiger partial charge in [0.1, 0.15) is 40.4 Å². The highest BCUT2D eigenvalue weighted by atomic mass is 16.5. The molecule has 0 aliphatic heterocycles. The molecule has 7 heteroatoms. The van der Waals surface area contributed by atoms with Gasteiger partial charge in [-0.3, -0.25) is 19.2 Å². The third-order valence-electron chi connectivity index (χ3n) is 9.10. The van der Waals surface area contributed by atoms with Crippen molar-refractivity contribution in [2.45, 2.75) is 63.2 Å². The van der Waals surface area contributed by atoms with Gasteiger partial charge in [-0.2, -0.15) is 0 Å². The molecule has 0 aromatic heterocycles. The van der Waals surface area contributed by atoms with Crippen molar-refractivity contribution in [3.63, 3.8) is 0 Å². The van der Waals surface area contributed by atoms with Crippen molar-refractivity contribution in [3.05, 3.63) is 89.5 Å². The zero-order chi connectivity index (χ0) is 31.2. The molecule has 0 saturated heterocycles. The average Bonchev–Trinajstić information content (AvgIpc) is 3.04. The van der Waals surface area contributed by atoms with Gasteiger partial charge in [0, 0.05) is 31.6 Å². The van der Waals surface area contributed by atoms with Crippen LogP contribution in [0.5, 0.6) is 17.2 Å². The number of rotatable bonds is 11. The second-order valence-corrected chi connectivity index (χ2v) is 11.9. The van der Waals surface area contributed by atoms with Crippen LogP contribution in [0, 0.1) is 11.8 Å². The third kappa shape index (κ3) is 6.77. The number of Topliss-reactive ketones (excluding diaryl/α,β-unsaturated/α-hetero) is 4. The minimum atomic E-state index is -1.06. The molecule has 3 aromatic rings. The third-order valence-corrected chi connectivity index (χ3v) is 9.10. The highest BCUT2D eigenvalue weighted by Crippen LogP contribution is 2.46. The lowest BCUT2D eigenvalue weighted by Gasteiger charge is -2.38. The Morgan fingerprint density at radius 2 is 0.977 bits per heavy atom. The summed E-state index contributed by atoms with van der Waals surface area (Å²) in [5.41, 5.74) is 2.42. The number of ketones is 4. The van der Waals surface area contributed by atoms with Gasteiger partial charge in [-0.15, -0.1) is 0 Å². The van der Waals surface area contributed by atoms with E-state index >= 15 is 0 Å². The van der Waals surface area contributed by atoms with E-state index in [1.807, 2.05) is 48.5 Å². The van der Waals surface area contributed by atoms with Crippen molar-refractivity contribution in [2.75, 3.05) is 20.8 Å². The molecule has 0 unspecified atom stereocenters. The normalized spacial score (nSPS) is 22.9. The molecule has 0 atom stereocenters. The molecule has 5 rings (SSSR count). The molecule has 0 heterocycles. The predicted octanol–water partition coefficient (Wildman–Crippen LogP) is 6.63. The van der Waals surface area contributed by atoms with Crippen LogP contribution in [0.4, 0.5) is 0 Å². The number of hydrogen-bond acceptors (Lipinski definition) is 7. The maximum absolute atomic E-state index is 13.9. The van der Waals surface area contributed by atoms with Crippen LogP contribution >= 0.6 is 0 Å². The lowest BCUT2D eigenvalue weighted by Crippen LogP contribution is -2.45. The van der Waals surface area contributed by atoms with Crippen molar-refractivity contribution >= 4 is 23.1 Å². The SMILES string of the molecule is CCCCOc1ccc(C(C2C(=O)CC(c3ccc(OC)cc3)CC2=O)C2C(=O)CC(c3ccc(OC)cc3)CC2=O)cc1. The second-order valence-electron chi connectivity index (χ2n) is 11.9. The van der Waals surface area contributed by atoms with E-state index < -0.39 is 17.8 Å². The summed E-state index contributed by atoms with van der Waals surface area (Å²) in [4.78, 5) is 55.5. The van der Waals surface area contributed by atoms with Gasteiger partial charge in [0.25, 0.3) is 0 Å².